The SMILES string of the molecule is C1=CCCC(n2c3ccc(-c4cc5c6c(c4)c4c7ccccc7ccc4n6C4Nc6ccccc6NC54)cc3c3cc4ccccc4cc32)=C1. The topological polar surface area (TPSA) is 33.9 Å². The summed E-state index contributed by atoms with van der Waals surface area (Å²) in [6.45, 7) is 0. The minimum Gasteiger partial charge on any atom is -0.373 e. The Morgan fingerprint density at radius 1 is 0.560 bits per heavy atom. The number of benzene rings is 7. The van der Waals surface area contributed by atoms with Crippen LogP contribution in [-0.4, -0.2) is 9.13 Å². The lowest BCUT2D eigenvalue weighted by Gasteiger charge is -2.33. The van der Waals surface area contributed by atoms with E-state index < -0.39 is 0 Å². The number of nitrogens with one attached hydrogen (secondary N) is 2. The van der Waals surface area contributed by atoms with Crippen molar-refractivity contribution in [3.05, 3.63) is 151 Å². The van der Waals surface area contributed by atoms with Gasteiger partial charge in [-0.3, -0.25) is 0 Å². The van der Waals surface area contributed by atoms with Crippen LogP contribution in [0.5, 0.6) is 0 Å². The normalized spacial score (nSPS) is 17.8. The lowest BCUT2D eigenvalue weighted by molar-refractivity contribution is 0.540. The number of para-hydroxylation sites is 2. The summed E-state index contributed by atoms with van der Waals surface area (Å²) < 4.78 is 5.06. The van der Waals surface area contributed by atoms with Gasteiger partial charge in [-0.15, -0.1) is 0 Å². The van der Waals surface area contributed by atoms with Crippen molar-refractivity contribution in [1.82, 2.24) is 9.13 Å². The van der Waals surface area contributed by atoms with Crippen molar-refractivity contribution in [3.8, 4) is 11.1 Å². The summed E-state index contributed by atoms with van der Waals surface area (Å²) in [6, 6.07) is 47.7. The Balaban J connectivity index is 1.15. The maximum absolute atomic E-state index is 3.94. The van der Waals surface area contributed by atoms with E-state index in [9.17, 15) is 0 Å². The molecule has 0 fully saturated rings. The summed E-state index contributed by atoms with van der Waals surface area (Å²) in [5.41, 5.74) is 12.6. The van der Waals surface area contributed by atoms with Crippen LogP contribution < -0.4 is 10.6 Å². The van der Waals surface area contributed by atoms with Gasteiger partial charge in [0.25, 0.3) is 0 Å². The molecular formula is C46H32N4. The third-order valence-electron chi connectivity index (χ3n) is 11.5. The highest BCUT2D eigenvalue weighted by atomic mass is 15.3. The van der Waals surface area contributed by atoms with Crippen molar-refractivity contribution in [3.63, 3.8) is 0 Å². The first-order valence-corrected chi connectivity index (χ1v) is 17.7. The third-order valence-corrected chi connectivity index (χ3v) is 11.5. The molecule has 1 aliphatic carbocycles. The fourth-order valence-electron chi connectivity index (χ4n) is 9.33. The van der Waals surface area contributed by atoms with Gasteiger partial charge in [0.2, 0.25) is 0 Å². The van der Waals surface area contributed by atoms with Gasteiger partial charge in [-0.2, -0.15) is 0 Å². The summed E-state index contributed by atoms with van der Waals surface area (Å²) in [6.07, 6.45) is 8.95. The van der Waals surface area contributed by atoms with Crippen molar-refractivity contribution in [2.45, 2.75) is 25.0 Å². The highest BCUT2D eigenvalue weighted by Crippen LogP contribution is 2.53. The zero-order valence-corrected chi connectivity index (χ0v) is 27.3. The molecule has 0 radical (unpaired) electrons. The molecule has 4 heterocycles. The molecular weight excluding hydrogens is 609 g/mol. The molecule has 2 atom stereocenters. The van der Waals surface area contributed by atoms with Crippen LogP contribution in [0.15, 0.2) is 146 Å². The fraction of sp³-hybridized carbons (Fsp3) is 0.0870. The smallest absolute Gasteiger partial charge is 0.129 e. The molecule has 236 valence electrons. The monoisotopic (exact) mass is 640 g/mol. The Bertz CT molecular complexity index is 3010. The van der Waals surface area contributed by atoms with E-state index in [2.05, 4.69) is 165 Å². The predicted octanol–water partition coefficient (Wildman–Crippen LogP) is 12.2. The molecule has 0 bridgehead atoms. The minimum atomic E-state index is 0.0721. The Labute approximate surface area is 288 Å². The first kappa shape index (κ1) is 26.7. The summed E-state index contributed by atoms with van der Waals surface area (Å²) in [4.78, 5) is 0. The van der Waals surface area contributed by atoms with Gasteiger partial charge in [-0.05, 0) is 106 Å². The molecule has 0 amide bonds. The van der Waals surface area contributed by atoms with E-state index in [1.165, 1.54) is 87.5 Å². The van der Waals surface area contributed by atoms with Gasteiger partial charge in [0.15, 0.2) is 0 Å². The van der Waals surface area contributed by atoms with E-state index in [0.29, 0.717) is 0 Å². The maximum atomic E-state index is 3.94. The van der Waals surface area contributed by atoms with Gasteiger partial charge < -0.3 is 19.8 Å². The quantitative estimate of drug-likeness (QED) is 0.197. The van der Waals surface area contributed by atoms with Crippen molar-refractivity contribution in [1.29, 1.82) is 0 Å². The van der Waals surface area contributed by atoms with Crippen LogP contribution in [0.1, 0.15) is 30.6 Å². The lowest BCUT2D eigenvalue weighted by atomic mass is 9.93. The summed E-state index contributed by atoms with van der Waals surface area (Å²) in [5, 5.41) is 18.3. The van der Waals surface area contributed by atoms with E-state index >= 15 is 0 Å². The summed E-state index contributed by atoms with van der Waals surface area (Å²) in [5.74, 6) is 0. The van der Waals surface area contributed by atoms with E-state index in [1.54, 1.807) is 0 Å². The molecule has 4 heteroatoms. The first-order chi connectivity index (χ1) is 24.8. The lowest BCUT2D eigenvalue weighted by Crippen LogP contribution is -2.29. The molecule has 4 nitrogen and oxygen atoms in total. The molecule has 2 unspecified atom stereocenters. The number of hydrogen-bond donors (Lipinski definition) is 2. The molecule has 2 aliphatic heterocycles. The molecule has 50 heavy (non-hydrogen) atoms. The Kier molecular flexibility index (Phi) is 5.16. The molecule has 0 spiro atoms. The van der Waals surface area contributed by atoms with Crippen LogP contribution in [0.25, 0.3) is 82.0 Å². The number of hydrogen-bond acceptors (Lipinski definition) is 2. The van der Waals surface area contributed by atoms with E-state index in [0.717, 1.165) is 24.2 Å². The molecule has 2 aromatic heterocycles. The largest absolute Gasteiger partial charge is 0.373 e. The number of fused-ring (bicyclic) bond motifs is 13. The Morgan fingerprint density at radius 2 is 1.30 bits per heavy atom. The molecule has 7 aromatic carbocycles. The van der Waals surface area contributed by atoms with Crippen molar-refractivity contribution >= 4 is 82.2 Å². The van der Waals surface area contributed by atoms with E-state index in [-0.39, 0.29) is 12.2 Å². The number of nitrogens with zero attached hydrogens (tertiary/aromatic N) is 2. The summed E-state index contributed by atoms with van der Waals surface area (Å²) >= 11 is 0. The van der Waals surface area contributed by atoms with Gasteiger partial charge in [0.1, 0.15) is 6.17 Å². The highest BCUT2D eigenvalue weighted by molar-refractivity contribution is 6.23. The van der Waals surface area contributed by atoms with Gasteiger partial charge in [-0.25, -0.2) is 0 Å². The first-order valence-electron chi connectivity index (χ1n) is 17.7. The third kappa shape index (κ3) is 3.50. The average Bonchev–Trinajstić information content (AvgIpc) is 3.80. The van der Waals surface area contributed by atoms with Crippen LogP contribution in [0.2, 0.25) is 0 Å². The number of aromatic nitrogens is 2. The highest BCUT2D eigenvalue weighted by Gasteiger charge is 2.40. The van der Waals surface area contributed by atoms with Crippen LogP contribution in [0, 0.1) is 0 Å². The molecule has 0 saturated carbocycles. The summed E-state index contributed by atoms with van der Waals surface area (Å²) in [7, 11) is 0. The van der Waals surface area contributed by atoms with Crippen molar-refractivity contribution in [2.24, 2.45) is 0 Å². The molecule has 12 rings (SSSR count). The Hall–Kier alpha value is -6.26. The second kappa shape index (κ2) is 9.67. The minimum absolute atomic E-state index is 0.0721. The average molecular weight is 641 g/mol. The maximum Gasteiger partial charge on any atom is 0.129 e. The van der Waals surface area contributed by atoms with Crippen molar-refractivity contribution < 1.29 is 0 Å². The van der Waals surface area contributed by atoms with Gasteiger partial charge in [0.05, 0.1) is 39.5 Å². The second-order valence-corrected chi connectivity index (χ2v) is 14.2. The fourth-order valence-corrected chi connectivity index (χ4v) is 9.33. The van der Waals surface area contributed by atoms with Crippen LogP contribution in [0.4, 0.5) is 11.4 Å². The molecule has 2 N–H and O–H groups in total. The molecule has 0 saturated heterocycles. The number of rotatable bonds is 2. The van der Waals surface area contributed by atoms with Crippen LogP contribution in [-0.2, 0) is 0 Å². The molecule has 9 aromatic rings. The van der Waals surface area contributed by atoms with Gasteiger partial charge >= 0.3 is 0 Å². The standard InChI is InChI=1S/C46H32N4/c1-2-13-32(14-3-1)49-40-20-19-30(23-34(40)35-22-28-11-4-5-12-29(28)26-42(35)49)31-24-36-43-33-15-7-6-10-27(33)18-21-41(43)50-45(36)37(25-31)44-46(50)48-39-17-9-8-16-38(39)47-44/h1-2,4-13,15-26,44,46-48H,3,14H2. The Morgan fingerprint density at radius 3 is 2.16 bits per heavy atom. The number of anilines is 2. The predicted molar refractivity (Wildman–Crippen MR) is 211 cm³/mol. The van der Waals surface area contributed by atoms with Crippen LogP contribution in [0.3, 0.4) is 0 Å². The zero-order valence-electron chi connectivity index (χ0n) is 27.3. The van der Waals surface area contributed by atoms with E-state index in [1.807, 2.05) is 0 Å². The van der Waals surface area contributed by atoms with Crippen LogP contribution >= 0.6 is 0 Å². The van der Waals surface area contributed by atoms with Crippen molar-refractivity contribution in [2.75, 3.05) is 10.6 Å². The zero-order chi connectivity index (χ0) is 32.5. The second-order valence-electron chi connectivity index (χ2n) is 14.2. The molecule has 3 aliphatic rings. The van der Waals surface area contributed by atoms with E-state index in [4.69, 9.17) is 0 Å². The van der Waals surface area contributed by atoms with Gasteiger partial charge in [0, 0.05) is 32.8 Å². The van der Waals surface area contributed by atoms with Gasteiger partial charge in [-0.1, -0.05) is 84.9 Å². The number of allylic oxidation sites excluding steroid dienone is 4.